The maximum atomic E-state index is 11.3. The standard InChI is InChI=1S/C7H9N3O/c8-5-1-4(5)7(11)6-2-9-3-10-6/h2-5H,1,8H2,(H,9,10)/t4-,5+/m1/s1. The van der Waals surface area contributed by atoms with Gasteiger partial charge in [0.2, 0.25) is 0 Å². The van der Waals surface area contributed by atoms with E-state index in [2.05, 4.69) is 9.97 Å². The van der Waals surface area contributed by atoms with Crippen molar-refractivity contribution in [1.29, 1.82) is 0 Å². The number of nitrogens with zero attached hydrogens (tertiary/aromatic N) is 1. The number of H-pyrrole nitrogens is 1. The lowest BCUT2D eigenvalue weighted by atomic mass is 10.2. The highest BCUT2D eigenvalue weighted by Gasteiger charge is 2.40. The van der Waals surface area contributed by atoms with E-state index in [1.54, 1.807) is 0 Å². The van der Waals surface area contributed by atoms with Gasteiger partial charge in [-0.3, -0.25) is 4.79 Å². The summed E-state index contributed by atoms with van der Waals surface area (Å²) < 4.78 is 0. The van der Waals surface area contributed by atoms with Crippen molar-refractivity contribution in [3.8, 4) is 0 Å². The average Bonchev–Trinajstić information content (AvgIpc) is 2.56. The first-order valence-corrected chi connectivity index (χ1v) is 3.57. The smallest absolute Gasteiger partial charge is 0.185 e. The normalized spacial score (nSPS) is 28.5. The van der Waals surface area contributed by atoms with E-state index >= 15 is 0 Å². The number of carbonyl (C=O) groups excluding carboxylic acids is 1. The molecule has 1 heterocycles. The third kappa shape index (κ3) is 1.05. The second kappa shape index (κ2) is 2.17. The predicted octanol–water partition coefficient (Wildman–Crippen LogP) is -0.0604. The van der Waals surface area contributed by atoms with E-state index in [9.17, 15) is 4.79 Å². The van der Waals surface area contributed by atoms with Crippen molar-refractivity contribution in [1.82, 2.24) is 9.97 Å². The molecule has 58 valence electrons. The van der Waals surface area contributed by atoms with Crippen LogP contribution in [0.4, 0.5) is 0 Å². The molecule has 2 atom stereocenters. The van der Waals surface area contributed by atoms with E-state index in [0.29, 0.717) is 5.69 Å². The van der Waals surface area contributed by atoms with Gasteiger partial charge in [0.25, 0.3) is 0 Å². The van der Waals surface area contributed by atoms with Gasteiger partial charge in [-0.25, -0.2) is 4.98 Å². The number of Topliss-reactive ketones (excluding diaryl/α,β-unsaturated/α-hetero) is 1. The number of aromatic nitrogens is 2. The maximum absolute atomic E-state index is 11.3. The van der Waals surface area contributed by atoms with E-state index in [-0.39, 0.29) is 17.7 Å². The molecule has 1 aromatic rings. The Hall–Kier alpha value is -1.16. The Morgan fingerprint density at radius 2 is 2.55 bits per heavy atom. The molecule has 3 N–H and O–H groups in total. The van der Waals surface area contributed by atoms with Crippen LogP contribution < -0.4 is 5.73 Å². The molecule has 0 radical (unpaired) electrons. The summed E-state index contributed by atoms with van der Waals surface area (Å²) in [7, 11) is 0. The number of aromatic amines is 1. The molecule has 2 rings (SSSR count). The molecule has 0 aromatic carbocycles. The van der Waals surface area contributed by atoms with Gasteiger partial charge in [-0.1, -0.05) is 0 Å². The lowest BCUT2D eigenvalue weighted by Gasteiger charge is -1.91. The average molecular weight is 151 g/mol. The number of nitrogens with one attached hydrogen (secondary N) is 1. The Kier molecular flexibility index (Phi) is 1.29. The van der Waals surface area contributed by atoms with Crippen LogP contribution >= 0.6 is 0 Å². The summed E-state index contributed by atoms with van der Waals surface area (Å²) in [4.78, 5) is 17.9. The monoisotopic (exact) mass is 151 g/mol. The van der Waals surface area contributed by atoms with Gasteiger partial charge in [0.05, 0.1) is 12.5 Å². The van der Waals surface area contributed by atoms with E-state index in [4.69, 9.17) is 5.73 Å². The van der Waals surface area contributed by atoms with Crippen molar-refractivity contribution in [3.63, 3.8) is 0 Å². The quantitative estimate of drug-likeness (QED) is 0.581. The van der Waals surface area contributed by atoms with Crippen LogP contribution in [0.25, 0.3) is 0 Å². The van der Waals surface area contributed by atoms with E-state index < -0.39 is 0 Å². The molecule has 1 aliphatic rings. The van der Waals surface area contributed by atoms with Crippen LogP contribution in [-0.4, -0.2) is 21.8 Å². The van der Waals surface area contributed by atoms with Crippen LogP contribution in [0, 0.1) is 5.92 Å². The zero-order valence-corrected chi connectivity index (χ0v) is 5.95. The van der Waals surface area contributed by atoms with Crippen LogP contribution in [0.5, 0.6) is 0 Å². The number of nitrogens with two attached hydrogens (primary N) is 1. The molecule has 0 saturated heterocycles. The van der Waals surface area contributed by atoms with E-state index in [0.717, 1.165) is 6.42 Å². The Morgan fingerprint density at radius 1 is 1.82 bits per heavy atom. The summed E-state index contributed by atoms with van der Waals surface area (Å²) >= 11 is 0. The highest BCUT2D eigenvalue weighted by Crippen LogP contribution is 2.30. The Bertz CT molecular complexity index is 267. The van der Waals surface area contributed by atoms with Crippen molar-refractivity contribution in [3.05, 3.63) is 18.2 Å². The zero-order valence-electron chi connectivity index (χ0n) is 5.95. The zero-order chi connectivity index (χ0) is 7.84. The fraction of sp³-hybridized carbons (Fsp3) is 0.429. The second-order valence-corrected chi connectivity index (χ2v) is 2.84. The summed E-state index contributed by atoms with van der Waals surface area (Å²) in [5, 5.41) is 0. The molecule has 11 heavy (non-hydrogen) atoms. The van der Waals surface area contributed by atoms with Gasteiger partial charge < -0.3 is 10.7 Å². The van der Waals surface area contributed by atoms with Gasteiger partial charge in [0, 0.05) is 12.0 Å². The van der Waals surface area contributed by atoms with Gasteiger partial charge in [0.15, 0.2) is 5.78 Å². The van der Waals surface area contributed by atoms with Crippen molar-refractivity contribution >= 4 is 5.78 Å². The fourth-order valence-corrected chi connectivity index (χ4v) is 1.11. The molecule has 0 unspecified atom stereocenters. The van der Waals surface area contributed by atoms with Crippen molar-refractivity contribution in [2.75, 3.05) is 0 Å². The summed E-state index contributed by atoms with van der Waals surface area (Å²) in [6.07, 6.45) is 3.85. The molecule has 1 fully saturated rings. The van der Waals surface area contributed by atoms with Gasteiger partial charge in [-0.2, -0.15) is 0 Å². The molecule has 1 aliphatic carbocycles. The molecule has 0 amide bonds. The first-order valence-electron chi connectivity index (χ1n) is 3.57. The first-order chi connectivity index (χ1) is 5.29. The number of carbonyl (C=O) groups is 1. The van der Waals surface area contributed by atoms with E-state index in [1.807, 2.05) is 0 Å². The van der Waals surface area contributed by atoms with Crippen LogP contribution in [0.2, 0.25) is 0 Å². The second-order valence-electron chi connectivity index (χ2n) is 2.84. The Labute approximate surface area is 63.8 Å². The van der Waals surface area contributed by atoms with Crippen LogP contribution in [0.3, 0.4) is 0 Å². The molecule has 1 saturated carbocycles. The third-order valence-electron chi connectivity index (χ3n) is 1.94. The molecular weight excluding hydrogens is 142 g/mol. The predicted molar refractivity (Wildman–Crippen MR) is 39.0 cm³/mol. The SMILES string of the molecule is N[C@H]1C[C@H]1C(=O)c1cnc[nH]1. The fourth-order valence-electron chi connectivity index (χ4n) is 1.11. The van der Waals surface area contributed by atoms with Gasteiger partial charge in [-0.15, -0.1) is 0 Å². The molecule has 4 heteroatoms. The summed E-state index contributed by atoms with van der Waals surface area (Å²) in [5.74, 6) is 0.130. The van der Waals surface area contributed by atoms with Gasteiger partial charge in [0.1, 0.15) is 5.69 Å². The molecule has 0 aliphatic heterocycles. The highest BCUT2D eigenvalue weighted by molar-refractivity contribution is 5.98. The van der Waals surface area contributed by atoms with Crippen LogP contribution in [0.15, 0.2) is 12.5 Å². The molecular formula is C7H9N3O. The lowest BCUT2D eigenvalue weighted by molar-refractivity contribution is 0.0961. The van der Waals surface area contributed by atoms with Gasteiger partial charge in [-0.05, 0) is 6.42 Å². The van der Waals surface area contributed by atoms with Crippen molar-refractivity contribution in [2.24, 2.45) is 11.7 Å². The summed E-state index contributed by atoms with van der Waals surface area (Å²) in [5.41, 5.74) is 6.09. The topological polar surface area (TPSA) is 71.8 Å². The minimum Gasteiger partial charge on any atom is -0.342 e. The van der Waals surface area contributed by atoms with Crippen molar-refractivity contribution in [2.45, 2.75) is 12.5 Å². The summed E-state index contributed by atoms with van der Waals surface area (Å²) in [6, 6.07) is 0.0748. The number of ketones is 1. The van der Waals surface area contributed by atoms with E-state index in [1.165, 1.54) is 12.5 Å². The van der Waals surface area contributed by atoms with Crippen LogP contribution in [0.1, 0.15) is 16.9 Å². The molecule has 0 bridgehead atoms. The summed E-state index contributed by atoms with van der Waals surface area (Å²) in [6.45, 7) is 0. The minimum atomic E-state index is 0.0375. The number of imidazole rings is 1. The minimum absolute atomic E-state index is 0.0375. The third-order valence-corrected chi connectivity index (χ3v) is 1.94. The lowest BCUT2D eigenvalue weighted by Crippen LogP contribution is -2.10. The maximum Gasteiger partial charge on any atom is 0.185 e. The molecule has 0 spiro atoms. The first kappa shape index (κ1) is 6.54. The highest BCUT2D eigenvalue weighted by atomic mass is 16.1. The number of rotatable bonds is 2. The number of hydrogen-bond acceptors (Lipinski definition) is 3. The van der Waals surface area contributed by atoms with Gasteiger partial charge >= 0.3 is 0 Å². The molecule has 4 nitrogen and oxygen atoms in total. The molecule has 1 aromatic heterocycles. The Morgan fingerprint density at radius 3 is 3.00 bits per heavy atom. The Balaban J connectivity index is 2.13. The number of hydrogen-bond donors (Lipinski definition) is 2. The van der Waals surface area contributed by atoms with Crippen LogP contribution in [-0.2, 0) is 0 Å². The largest absolute Gasteiger partial charge is 0.342 e. The van der Waals surface area contributed by atoms with Crippen molar-refractivity contribution < 1.29 is 4.79 Å².